The number of fused-ring (bicyclic) bond motifs is 1. The van der Waals surface area contributed by atoms with Crippen LogP contribution in [-0.2, 0) is 29.9 Å². The van der Waals surface area contributed by atoms with Crippen LogP contribution < -0.4 is 25.7 Å². The fraction of sp³-hybridized carbons (Fsp3) is 0.476. The smallest absolute Gasteiger partial charge is 0.243 e. The number of benzene rings is 1. The number of carboxylic acids is 1. The van der Waals surface area contributed by atoms with E-state index >= 15 is 0 Å². The SMILES string of the molecule is CCOP(=O)([O-])N[C@H](C(=O)N[C@@H](Cc1c[nH]c2ccccc12)C(=O)NCC(=O)[O-])[C@@H](C)CC. The standard InChI is InChI=1S/C21H31N4O7P/c1-4-13(3)19(25-33(30,31)32-5-2)21(29)24-17(20(28)23-12-18(26)27)10-14-11-22-16-9-7-6-8-15(14)16/h6-9,11,13,17,19,22H,4-5,10,12H2,1-3H3,(H,23,28)(H,24,29)(H,26,27)(H2,25,30,31)/p-2/t13-,17-,19-/m0/s1. The number of amides is 2. The van der Waals surface area contributed by atoms with Crippen LogP contribution in [0.3, 0.4) is 0 Å². The van der Waals surface area contributed by atoms with E-state index < -0.39 is 50.1 Å². The van der Waals surface area contributed by atoms with Crippen molar-refractivity contribution in [3.05, 3.63) is 36.0 Å². The molecule has 0 aliphatic carbocycles. The van der Waals surface area contributed by atoms with Crippen LogP contribution in [0.1, 0.15) is 32.8 Å². The first-order valence-electron chi connectivity index (χ1n) is 10.6. The van der Waals surface area contributed by atoms with Crippen molar-refractivity contribution in [2.24, 2.45) is 5.92 Å². The lowest BCUT2D eigenvalue weighted by Gasteiger charge is -2.32. The molecule has 1 aromatic heterocycles. The van der Waals surface area contributed by atoms with Crippen LogP contribution in [-0.4, -0.2) is 48.0 Å². The number of aromatic nitrogens is 1. The van der Waals surface area contributed by atoms with Crippen molar-refractivity contribution < 1.29 is 33.5 Å². The third kappa shape index (κ3) is 7.68. The van der Waals surface area contributed by atoms with E-state index in [1.54, 1.807) is 20.0 Å². The van der Waals surface area contributed by atoms with Gasteiger partial charge in [0.25, 0.3) is 0 Å². The second-order valence-electron chi connectivity index (χ2n) is 7.62. The number of rotatable bonds is 13. The molecule has 0 fully saturated rings. The molecular formula is C21H29N4O7P-2. The maximum absolute atomic E-state index is 13.1. The number of aliphatic carboxylic acids is 1. The van der Waals surface area contributed by atoms with Crippen molar-refractivity contribution in [3.8, 4) is 0 Å². The minimum Gasteiger partial charge on any atom is -0.766 e. The van der Waals surface area contributed by atoms with E-state index in [9.17, 15) is 28.9 Å². The van der Waals surface area contributed by atoms with Crippen LogP contribution in [0.15, 0.2) is 30.5 Å². The Bertz CT molecular complexity index is 1020. The van der Waals surface area contributed by atoms with E-state index in [1.165, 1.54) is 6.92 Å². The summed E-state index contributed by atoms with van der Waals surface area (Å²) in [5.41, 5.74) is 1.55. The third-order valence-corrected chi connectivity index (χ3v) is 6.42. The highest BCUT2D eigenvalue weighted by atomic mass is 31.2. The van der Waals surface area contributed by atoms with Gasteiger partial charge in [0.15, 0.2) is 0 Å². The number of hydrogen-bond donors (Lipinski definition) is 4. The van der Waals surface area contributed by atoms with Crippen LogP contribution in [0.4, 0.5) is 0 Å². The van der Waals surface area contributed by atoms with Crippen LogP contribution >= 0.6 is 7.75 Å². The van der Waals surface area contributed by atoms with E-state index in [1.807, 2.05) is 24.3 Å². The van der Waals surface area contributed by atoms with Crippen LogP contribution in [0, 0.1) is 5.92 Å². The number of nitrogens with one attached hydrogen (secondary N) is 4. The van der Waals surface area contributed by atoms with Gasteiger partial charge in [-0.05, 0) is 24.5 Å². The summed E-state index contributed by atoms with van der Waals surface area (Å²) in [6, 6.07) is 5.01. The van der Waals surface area contributed by atoms with E-state index in [0.717, 1.165) is 16.5 Å². The van der Waals surface area contributed by atoms with E-state index in [-0.39, 0.29) is 13.0 Å². The average molecular weight is 480 g/mol. The molecule has 2 amide bonds. The summed E-state index contributed by atoms with van der Waals surface area (Å²) in [6.45, 7) is 4.15. The van der Waals surface area contributed by atoms with Crippen LogP contribution in [0.25, 0.3) is 10.9 Å². The molecule has 4 atom stereocenters. The molecule has 0 saturated heterocycles. The summed E-state index contributed by atoms with van der Waals surface area (Å²) in [7, 11) is -4.50. The van der Waals surface area contributed by atoms with Crippen molar-refractivity contribution in [2.75, 3.05) is 13.2 Å². The van der Waals surface area contributed by atoms with Gasteiger partial charge >= 0.3 is 0 Å². The minimum absolute atomic E-state index is 0.0440. The normalized spacial score (nSPS) is 15.9. The zero-order chi connectivity index (χ0) is 24.6. The molecule has 0 bridgehead atoms. The van der Waals surface area contributed by atoms with E-state index in [0.29, 0.717) is 6.42 Å². The van der Waals surface area contributed by atoms with Crippen molar-refractivity contribution >= 4 is 36.4 Å². The first-order chi connectivity index (χ1) is 15.6. The van der Waals surface area contributed by atoms with Crippen molar-refractivity contribution in [1.29, 1.82) is 0 Å². The summed E-state index contributed by atoms with van der Waals surface area (Å²) in [6.07, 6.45) is 2.21. The van der Waals surface area contributed by atoms with Gasteiger partial charge in [0.1, 0.15) is 6.04 Å². The molecule has 33 heavy (non-hydrogen) atoms. The van der Waals surface area contributed by atoms with E-state index in [4.69, 9.17) is 4.52 Å². The fourth-order valence-corrected chi connectivity index (χ4v) is 4.46. The Morgan fingerprint density at radius 1 is 1.18 bits per heavy atom. The van der Waals surface area contributed by atoms with Crippen molar-refractivity contribution in [2.45, 2.75) is 45.7 Å². The molecule has 182 valence electrons. The zero-order valence-corrected chi connectivity index (χ0v) is 19.6. The monoisotopic (exact) mass is 480 g/mol. The fourth-order valence-electron chi connectivity index (χ4n) is 3.33. The molecule has 1 heterocycles. The lowest BCUT2D eigenvalue weighted by molar-refractivity contribution is -0.304. The predicted octanol–water partition coefficient (Wildman–Crippen LogP) is -0.429. The zero-order valence-electron chi connectivity index (χ0n) is 18.8. The summed E-state index contributed by atoms with van der Waals surface area (Å²) < 4.78 is 16.8. The van der Waals surface area contributed by atoms with Gasteiger partial charge in [-0.25, -0.2) is 5.09 Å². The minimum atomic E-state index is -4.50. The maximum atomic E-state index is 13.1. The highest BCUT2D eigenvalue weighted by Gasteiger charge is 2.31. The highest BCUT2D eigenvalue weighted by Crippen LogP contribution is 2.33. The first kappa shape index (κ1) is 26.5. The Hall–Kier alpha value is -2.72. The molecular weight excluding hydrogens is 451 g/mol. The second-order valence-corrected chi connectivity index (χ2v) is 9.13. The lowest BCUT2D eigenvalue weighted by Crippen LogP contribution is -2.56. The summed E-state index contributed by atoms with van der Waals surface area (Å²) in [4.78, 5) is 51.8. The molecule has 0 saturated carbocycles. The largest absolute Gasteiger partial charge is 0.766 e. The van der Waals surface area contributed by atoms with Gasteiger partial charge in [0.05, 0.1) is 25.2 Å². The molecule has 2 aromatic rings. The molecule has 1 aromatic carbocycles. The van der Waals surface area contributed by atoms with E-state index in [2.05, 4.69) is 20.7 Å². The second kappa shape index (κ2) is 11.9. The van der Waals surface area contributed by atoms with Gasteiger partial charge in [-0.3, -0.25) is 14.2 Å². The topological polar surface area (TPSA) is 176 Å². The Morgan fingerprint density at radius 3 is 2.52 bits per heavy atom. The Labute approximate surface area is 191 Å². The Balaban J connectivity index is 2.28. The molecule has 0 spiro atoms. The molecule has 0 aliphatic rings. The summed E-state index contributed by atoms with van der Waals surface area (Å²) >= 11 is 0. The molecule has 2 rings (SSSR count). The number of carbonyl (C=O) groups excluding carboxylic acids is 3. The predicted molar refractivity (Wildman–Crippen MR) is 118 cm³/mol. The Kier molecular flexibility index (Phi) is 9.60. The van der Waals surface area contributed by atoms with Gasteiger partial charge in [0, 0.05) is 23.5 Å². The van der Waals surface area contributed by atoms with Gasteiger partial charge < -0.3 is 34.9 Å². The van der Waals surface area contributed by atoms with Gasteiger partial charge in [0.2, 0.25) is 19.6 Å². The number of carboxylic acid groups (broad SMARTS) is 1. The van der Waals surface area contributed by atoms with Gasteiger partial charge in [-0.1, -0.05) is 38.5 Å². The summed E-state index contributed by atoms with van der Waals surface area (Å²) in [5.74, 6) is -3.36. The van der Waals surface area contributed by atoms with Crippen LogP contribution in [0.5, 0.6) is 0 Å². The number of carbonyl (C=O) groups is 3. The van der Waals surface area contributed by atoms with Crippen molar-refractivity contribution in [1.82, 2.24) is 20.7 Å². The van der Waals surface area contributed by atoms with Crippen LogP contribution in [0.2, 0.25) is 0 Å². The number of H-pyrrole nitrogens is 1. The molecule has 11 nitrogen and oxygen atoms in total. The molecule has 0 aliphatic heterocycles. The van der Waals surface area contributed by atoms with Gasteiger partial charge in [-0.15, -0.1) is 0 Å². The first-order valence-corrected chi connectivity index (χ1v) is 12.2. The molecule has 0 radical (unpaired) electrons. The quantitative estimate of drug-likeness (QED) is 0.279. The summed E-state index contributed by atoms with van der Waals surface area (Å²) in [5, 5.41) is 18.7. The van der Waals surface area contributed by atoms with Gasteiger partial charge in [-0.2, -0.15) is 0 Å². The van der Waals surface area contributed by atoms with Crippen molar-refractivity contribution in [3.63, 3.8) is 0 Å². The molecule has 1 unspecified atom stereocenters. The number of hydrogen-bond acceptors (Lipinski definition) is 7. The third-order valence-electron chi connectivity index (χ3n) is 5.23. The molecule has 12 heteroatoms. The maximum Gasteiger partial charge on any atom is 0.243 e. The highest BCUT2D eigenvalue weighted by molar-refractivity contribution is 7.49. The number of para-hydroxylation sites is 1. The number of aromatic amines is 1. The Morgan fingerprint density at radius 2 is 1.88 bits per heavy atom. The lowest BCUT2D eigenvalue weighted by atomic mass is 9.98. The molecule has 4 N–H and O–H groups in total. The average Bonchev–Trinajstić information content (AvgIpc) is 3.17.